The molecule has 1 atom stereocenters. The Hall–Kier alpha value is -2.44. The predicted molar refractivity (Wildman–Crippen MR) is 87.3 cm³/mol. The van der Waals surface area contributed by atoms with Gasteiger partial charge < -0.3 is 14.2 Å². The fraction of sp³-hybridized carbons (Fsp3) is 0.263. The maximum atomic E-state index is 5.73. The Morgan fingerprint density at radius 2 is 1.59 bits per heavy atom. The first-order chi connectivity index (χ1) is 10.8. The predicted octanol–water partition coefficient (Wildman–Crippen LogP) is 4.29. The fourth-order valence-electron chi connectivity index (χ4n) is 1.84. The quantitative estimate of drug-likeness (QED) is 0.680. The average Bonchev–Trinajstić information content (AvgIpc) is 2.55. The SMILES string of the molecule is C#CCOC(C)CCOc1ccc(Oc2ccccc2)cc1. The van der Waals surface area contributed by atoms with Gasteiger partial charge in [-0.3, -0.25) is 0 Å². The van der Waals surface area contributed by atoms with Gasteiger partial charge >= 0.3 is 0 Å². The van der Waals surface area contributed by atoms with Crippen molar-refractivity contribution >= 4 is 0 Å². The Morgan fingerprint density at radius 3 is 2.27 bits per heavy atom. The molecule has 0 aliphatic heterocycles. The van der Waals surface area contributed by atoms with E-state index in [1.54, 1.807) is 0 Å². The highest BCUT2D eigenvalue weighted by molar-refractivity contribution is 5.35. The van der Waals surface area contributed by atoms with E-state index in [1.807, 2.05) is 61.5 Å². The average molecular weight is 296 g/mol. The Kier molecular flexibility index (Phi) is 6.35. The highest BCUT2D eigenvalue weighted by Crippen LogP contribution is 2.23. The van der Waals surface area contributed by atoms with Crippen molar-refractivity contribution in [1.29, 1.82) is 0 Å². The van der Waals surface area contributed by atoms with Gasteiger partial charge in [0.15, 0.2) is 0 Å². The lowest BCUT2D eigenvalue weighted by Crippen LogP contribution is -2.13. The minimum atomic E-state index is 0.0942. The molecule has 0 aliphatic rings. The van der Waals surface area contributed by atoms with Crippen LogP contribution in [0, 0.1) is 12.3 Å². The normalized spacial score (nSPS) is 11.5. The van der Waals surface area contributed by atoms with E-state index in [-0.39, 0.29) is 6.10 Å². The van der Waals surface area contributed by atoms with Crippen LogP contribution in [-0.4, -0.2) is 19.3 Å². The van der Waals surface area contributed by atoms with Crippen LogP contribution < -0.4 is 9.47 Å². The zero-order valence-electron chi connectivity index (χ0n) is 12.7. The highest BCUT2D eigenvalue weighted by atomic mass is 16.5. The van der Waals surface area contributed by atoms with E-state index in [4.69, 9.17) is 20.6 Å². The minimum absolute atomic E-state index is 0.0942. The summed E-state index contributed by atoms with van der Waals surface area (Å²) in [4.78, 5) is 0. The van der Waals surface area contributed by atoms with Crippen LogP contribution in [0.1, 0.15) is 13.3 Å². The number of para-hydroxylation sites is 1. The van der Waals surface area contributed by atoms with Crippen molar-refractivity contribution in [3.05, 3.63) is 54.6 Å². The van der Waals surface area contributed by atoms with Gasteiger partial charge in [0, 0.05) is 6.42 Å². The molecule has 2 aromatic carbocycles. The van der Waals surface area contributed by atoms with Gasteiger partial charge in [-0.05, 0) is 43.3 Å². The van der Waals surface area contributed by atoms with Crippen molar-refractivity contribution < 1.29 is 14.2 Å². The van der Waals surface area contributed by atoms with E-state index in [9.17, 15) is 0 Å². The van der Waals surface area contributed by atoms with Crippen molar-refractivity contribution in [2.45, 2.75) is 19.4 Å². The van der Waals surface area contributed by atoms with Gasteiger partial charge in [0.25, 0.3) is 0 Å². The largest absolute Gasteiger partial charge is 0.493 e. The van der Waals surface area contributed by atoms with Crippen LogP contribution in [0.2, 0.25) is 0 Å². The monoisotopic (exact) mass is 296 g/mol. The number of rotatable bonds is 8. The molecule has 0 N–H and O–H groups in total. The van der Waals surface area contributed by atoms with Crippen LogP contribution in [-0.2, 0) is 4.74 Å². The summed E-state index contributed by atoms with van der Waals surface area (Å²) >= 11 is 0. The zero-order valence-corrected chi connectivity index (χ0v) is 12.7. The standard InChI is InChI=1S/C19H20O3/c1-3-14-20-16(2)13-15-21-17-9-11-19(12-10-17)22-18-7-5-4-6-8-18/h1,4-12,16H,13-15H2,2H3. The number of ether oxygens (including phenoxy) is 3. The van der Waals surface area contributed by atoms with E-state index >= 15 is 0 Å². The van der Waals surface area contributed by atoms with Gasteiger partial charge in [-0.15, -0.1) is 6.42 Å². The van der Waals surface area contributed by atoms with Gasteiger partial charge in [0.2, 0.25) is 0 Å². The molecule has 3 heteroatoms. The van der Waals surface area contributed by atoms with Crippen LogP contribution >= 0.6 is 0 Å². The molecule has 0 fully saturated rings. The first-order valence-electron chi connectivity index (χ1n) is 7.29. The van der Waals surface area contributed by atoms with Gasteiger partial charge in [0.1, 0.15) is 23.9 Å². The number of terminal acetylenes is 1. The lowest BCUT2D eigenvalue weighted by atomic mass is 10.3. The third-order valence-corrected chi connectivity index (χ3v) is 3.05. The zero-order chi connectivity index (χ0) is 15.6. The lowest BCUT2D eigenvalue weighted by molar-refractivity contribution is 0.0734. The highest BCUT2D eigenvalue weighted by Gasteiger charge is 2.02. The first kappa shape index (κ1) is 15.9. The molecule has 2 rings (SSSR count). The summed E-state index contributed by atoms with van der Waals surface area (Å²) < 4.78 is 16.8. The summed E-state index contributed by atoms with van der Waals surface area (Å²) in [7, 11) is 0. The molecule has 22 heavy (non-hydrogen) atoms. The van der Waals surface area contributed by atoms with E-state index < -0.39 is 0 Å². The van der Waals surface area contributed by atoms with Crippen molar-refractivity contribution in [1.82, 2.24) is 0 Å². The summed E-state index contributed by atoms with van der Waals surface area (Å²) in [6.07, 6.45) is 6.04. The van der Waals surface area contributed by atoms with Crippen LogP contribution in [0.25, 0.3) is 0 Å². The Bertz CT molecular complexity index is 584. The van der Waals surface area contributed by atoms with Gasteiger partial charge in [-0.25, -0.2) is 0 Å². The maximum Gasteiger partial charge on any atom is 0.127 e. The van der Waals surface area contributed by atoms with Gasteiger partial charge in [0.05, 0.1) is 12.7 Å². The second-order valence-electron chi connectivity index (χ2n) is 4.85. The summed E-state index contributed by atoms with van der Waals surface area (Å²) in [6.45, 7) is 2.91. The molecular weight excluding hydrogens is 276 g/mol. The Morgan fingerprint density at radius 1 is 0.955 bits per heavy atom. The molecule has 114 valence electrons. The molecule has 0 aliphatic carbocycles. The molecule has 0 saturated heterocycles. The molecule has 0 saturated carbocycles. The van der Waals surface area contributed by atoms with E-state index in [0.29, 0.717) is 13.2 Å². The first-order valence-corrected chi connectivity index (χ1v) is 7.29. The molecule has 0 amide bonds. The molecule has 0 aromatic heterocycles. The molecule has 0 radical (unpaired) electrons. The van der Waals surface area contributed by atoms with Crippen molar-refractivity contribution in [2.24, 2.45) is 0 Å². The Balaban J connectivity index is 1.76. The summed E-state index contributed by atoms with van der Waals surface area (Å²) in [5, 5.41) is 0. The number of hydrogen-bond donors (Lipinski definition) is 0. The molecule has 0 spiro atoms. The Labute approximate surface area is 131 Å². The second kappa shape index (κ2) is 8.76. The van der Waals surface area contributed by atoms with E-state index in [2.05, 4.69) is 5.92 Å². The van der Waals surface area contributed by atoms with Crippen molar-refractivity contribution in [3.8, 4) is 29.6 Å². The fourth-order valence-corrected chi connectivity index (χ4v) is 1.84. The molecule has 0 bridgehead atoms. The third kappa shape index (κ3) is 5.51. The van der Waals surface area contributed by atoms with Crippen LogP contribution in [0.15, 0.2) is 54.6 Å². The summed E-state index contributed by atoms with van der Waals surface area (Å²) in [5.74, 6) is 4.86. The van der Waals surface area contributed by atoms with Crippen molar-refractivity contribution in [3.63, 3.8) is 0 Å². The smallest absolute Gasteiger partial charge is 0.127 e. The van der Waals surface area contributed by atoms with E-state index in [0.717, 1.165) is 23.7 Å². The molecule has 1 unspecified atom stereocenters. The van der Waals surface area contributed by atoms with Crippen LogP contribution in [0.3, 0.4) is 0 Å². The van der Waals surface area contributed by atoms with Crippen molar-refractivity contribution in [2.75, 3.05) is 13.2 Å². The minimum Gasteiger partial charge on any atom is -0.493 e. The van der Waals surface area contributed by atoms with Gasteiger partial charge in [-0.1, -0.05) is 24.1 Å². The van der Waals surface area contributed by atoms with Gasteiger partial charge in [-0.2, -0.15) is 0 Å². The van der Waals surface area contributed by atoms with Crippen LogP contribution in [0.4, 0.5) is 0 Å². The number of hydrogen-bond acceptors (Lipinski definition) is 3. The third-order valence-electron chi connectivity index (χ3n) is 3.05. The summed E-state index contributed by atoms with van der Waals surface area (Å²) in [5.41, 5.74) is 0. The molecule has 0 heterocycles. The van der Waals surface area contributed by atoms with Crippen LogP contribution in [0.5, 0.6) is 17.2 Å². The molecule has 2 aromatic rings. The lowest BCUT2D eigenvalue weighted by Gasteiger charge is -2.12. The topological polar surface area (TPSA) is 27.7 Å². The number of benzene rings is 2. The summed E-state index contributed by atoms with van der Waals surface area (Å²) in [6, 6.07) is 17.2. The second-order valence-corrected chi connectivity index (χ2v) is 4.85. The van der Waals surface area contributed by atoms with E-state index in [1.165, 1.54) is 0 Å². The maximum absolute atomic E-state index is 5.73. The molecular formula is C19H20O3. The molecule has 3 nitrogen and oxygen atoms in total.